The van der Waals surface area contributed by atoms with E-state index in [0.29, 0.717) is 46.5 Å². The normalized spacial score (nSPS) is 15.9. The second kappa shape index (κ2) is 18.8. The molecule has 11 nitrogen and oxygen atoms in total. The van der Waals surface area contributed by atoms with Gasteiger partial charge in [-0.3, -0.25) is 14.4 Å². The molecule has 0 bridgehead atoms. The molecule has 1 atom stereocenters. The minimum absolute atomic E-state index is 0.0137. The van der Waals surface area contributed by atoms with Crippen LogP contribution in [-0.4, -0.2) is 83.0 Å². The van der Waals surface area contributed by atoms with Crippen molar-refractivity contribution in [2.75, 3.05) is 45.9 Å². The Morgan fingerprint density at radius 3 is 2.32 bits per heavy atom. The fraction of sp³-hybridized carbons (Fsp3) is 0.439. The molecule has 1 aromatic heterocycles. The van der Waals surface area contributed by atoms with Crippen molar-refractivity contribution in [1.29, 1.82) is 0 Å². The number of hydrogen-bond acceptors (Lipinski definition) is 8. The van der Waals surface area contributed by atoms with Crippen LogP contribution in [0.3, 0.4) is 0 Å². The van der Waals surface area contributed by atoms with E-state index in [1.807, 2.05) is 0 Å². The molecular weight excluding hydrogens is 679 g/mol. The highest BCUT2D eigenvalue weighted by Crippen LogP contribution is 2.36. The number of H-pyrrole nitrogens is 1. The smallest absolute Gasteiger partial charge is 0.317 e. The van der Waals surface area contributed by atoms with Crippen LogP contribution in [0.1, 0.15) is 79.5 Å². The molecular formula is C41H51FN4O7. The van der Waals surface area contributed by atoms with Crippen LogP contribution in [0.5, 0.6) is 11.5 Å². The molecule has 6 N–H and O–H groups in total. The molecule has 6 rings (SSSR count). The van der Waals surface area contributed by atoms with Gasteiger partial charge in [0.05, 0.1) is 18.2 Å². The van der Waals surface area contributed by atoms with E-state index in [4.69, 9.17) is 4.74 Å². The third-order valence-corrected chi connectivity index (χ3v) is 10.3. The zero-order valence-electron chi connectivity index (χ0n) is 30.3. The zero-order valence-corrected chi connectivity index (χ0v) is 30.3. The number of aliphatic hydroxyl groups excluding tert-OH is 1. The number of nitrogens with zero attached hydrogens (tertiary/aromatic N) is 1. The van der Waals surface area contributed by atoms with Gasteiger partial charge in [0.2, 0.25) is 5.56 Å². The quantitative estimate of drug-likeness (QED) is 0.0866. The number of rotatable bonds is 15. The Bertz CT molecular complexity index is 1850. The molecule has 1 amide bonds. The SMILES string of the molecule is CCC1CCNCC1.O=C(c1ccc(OCCCCCCNCC(O)c2ccc(O)c3[nH]c(=O)ccc23)cc1)N1CC(C(=O)O)(c2ccc(F)cc2)C1. The fourth-order valence-electron chi connectivity index (χ4n) is 6.92. The third kappa shape index (κ3) is 10.2. The number of phenols is 1. The number of nitrogens with one attached hydrogen (secondary N) is 3. The van der Waals surface area contributed by atoms with E-state index < -0.39 is 23.3 Å². The van der Waals surface area contributed by atoms with Crippen molar-refractivity contribution in [1.82, 2.24) is 20.5 Å². The number of ether oxygens (including phenoxy) is 1. The molecule has 1 unspecified atom stereocenters. The van der Waals surface area contributed by atoms with E-state index in [9.17, 15) is 34.1 Å². The van der Waals surface area contributed by atoms with Gasteiger partial charge in [0.1, 0.15) is 22.7 Å². The summed E-state index contributed by atoms with van der Waals surface area (Å²) in [5.41, 5.74) is 0.286. The lowest BCUT2D eigenvalue weighted by Crippen LogP contribution is -2.65. The van der Waals surface area contributed by atoms with E-state index in [-0.39, 0.29) is 30.3 Å². The van der Waals surface area contributed by atoms with Gasteiger partial charge in [0, 0.05) is 36.7 Å². The number of carbonyl (C=O) groups excluding carboxylic acids is 1. The van der Waals surface area contributed by atoms with Gasteiger partial charge < -0.3 is 40.6 Å². The van der Waals surface area contributed by atoms with Crippen LogP contribution in [0.2, 0.25) is 0 Å². The van der Waals surface area contributed by atoms with Gasteiger partial charge in [-0.25, -0.2) is 4.39 Å². The molecule has 2 aliphatic heterocycles. The lowest BCUT2D eigenvalue weighted by molar-refractivity contribution is -0.149. The monoisotopic (exact) mass is 730 g/mol. The number of fused-ring (bicyclic) bond motifs is 1. The Hall–Kier alpha value is -4.78. The van der Waals surface area contributed by atoms with Gasteiger partial charge in [0.25, 0.3) is 5.91 Å². The van der Waals surface area contributed by atoms with E-state index in [0.717, 1.165) is 38.1 Å². The highest BCUT2D eigenvalue weighted by Gasteiger charge is 2.52. The lowest BCUT2D eigenvalue weighted by Gasteiger charge is -2.47. The van der Waals surface area contributed by atoms with Crippen LogP contribution in [0, 0.1) is 11.7 Å². The van der Waals surface area contributed by atoms with Crippen molar-refractivity contribution in [2.45, 2.75) is 63.4 Å². The number of piperidine rings is 1. The Balaban J connectivity index is 0.000000599. The first-order valence-corrected chi connectivity index (χ1v) is 18.6. The van der Waals surface area contributed by atoms with Crippen LogP contribution >= 0.6 is 0 Å². The number of aromatic amines is 1. The molecule has 2 saturated heterocycles. The molecule has 12 heteroatoms. The van der Waals surface area contributed by atoms with Crippen molar-refractivity contribution < 1.29 is 34.0 Å². The zero-order chi connectivity index (χ0) is 37.8. The Kier molecular flexibility index (Phi) is 14.0. The predicted octanol–water partition coefficient (Wildman–Crippen LogP) is 5.51. The van der Waals surface area contributed by atoms with Gasteiger partial charge in [0.15, 0.2) is 0 Å². The molecule has 0 radical (unpaired) electrons. The number of aliphatic hydroxyl groups is 1. The lowest BCUT2D eigenvalue weighted by atomic mass is 9.73. The van der Waals surface area contributed by atoms with Crippen LogP contribution in [-0.2, 0) is 10.2 Å². The fourth-order valence-corrected chi connectivity index (χ4v) is 6.92. The minimum Gasteiger partial charge on any atom is -0.506 e. The van der Waals surface area contributed by atoms with Crippen molar-refractivity contribution >= 4 is 22.8 Å². The standard InChI is InChI=1S/C34H36FN3O7.C7H15N/c35-24-9-7-23(8-10-24)34(33(43)44)20-38(21-34)32(42)22-5-11-25(12-6-22)45-18-4-2-1-3-17-36-19-29(40)26-13-15-28(39)31-27(26)14-16-30(41)37-31;1-2-7-3-5-8-6-4-7/h5-16,29,36,39-40H,1-4,17-21H2,(H,37,41)(H,43,44);7-8H,2-6H2,1H3. The van der Waals surface area contributed by atoms with Crippen LogP contribution in [0.25, 0.3) is 10.9 Å². The maximum atomic E-state index is 13.3. The summed E-state index contributed by atoms with van der Waals surface area (Å²) in [5, 5.41) is 37.7. The molecule has 2 aliphatic rings. The molecule has 3 aromatic carbocycles. The van der Waals surface area contributed by atoms with Gasteiger partial charge in [-0.1, -0.05) is 44.4 Å². The summed E-state index contributed by atoms with van der Waals surface area (Å²) < 4.78 is 19.1. The molecule has 2 fully saturated rings. The highest BCUT2D eigenvalue weighted by atomic mass is 19.1. The number of carbonyl (C=O) groups is 2. The first kappa shape index (κ1) is 39.4. The topological polar surface area (TPSA) is 164 Å². The molecule has 3 heterocycles. The number of phenolic OH excluding ortho intramolecular Hbond substituents is 1. The number of amides is 1. The average Bonchev–Trinajstić information content (AvgIpc) is 3.15. The minimum atomic E-state index is -1.24. The number of halogens is 1. The van der Waals surface area contributed by atoms with Gasteiger partial charge >= 0.3 is 5.97 Å². The Labute approximate surface area is 309 Å². The number of pyridine rings is 1. The Morgan fingerprint density at radius 2 is 1.66 bits per heavy atom. The van der Waals surface area contributed by atoms with E-state index in [1.54, 1.807) is 36.4 Å². The van der Waals surface area contributed by atoms with Crippen LogP contribution < -0.4 is 20.9 Å². The third-order valence-electron chi connectivity index (χ3n) is 10.3. The van der Waals surface area contributed by atoms with Crippen molar-refractivity contribution in [3.8, 4) is 11.5 Å². The number of aromatic nitrogens is 1. The molecule has 0 saturated carbocycles. The number of unbranched alkanes of at least 4 members (excludes halogenated alkanes) is 3. The van der Waals surface area contributed by atoms with E-state index in [2.05, 4.69) is 22.5 Å². The predicted molar refractivity (Wildman–Crippen MR) is 202 cm³/mol. The van der Waals surface area contributed by atoms with Gasteiger partial charge in [-0.05, 0) is 111 Å². The number of aromatic hydroxyl groups is 1. The van der Waals surface area contributed by atoms with Crippen LogP contribution in [0.4, 0.5) is 4.39 Å². The Morgan fingerprint density at radius 1 is 0.962 bits per heavy atom. The van der Waals surface area contributed by atoms with Crippen molar-refractivity contribution in [2.24, 2.45) is 5.92 Å². The summed E-state index contributed by atoms with van der Waals surface area (Å²) in [6.07, 6.45) is 7.11. The van der Waals surface area contributed by atoms with E-state index >= 15 is 0 Å². The van der Waals surface area contributed by atoms with E-state index in [1.165, 1.54) is 73.7 Å². The van der Waals surface area contributed by atoms with Crippen molar-refractivity contribution in [3.05, 3.63) is 106 Å². The maximum absolute atomic E-state index is 13.3. The second-order valence-corrected chi connectivity index (χ2v) is 13.9. The van der Waals surface area contributed by atoms with Crippen molar-refractivity contribution in [3.63, 3.8) is 0 Å². The summed E-state index contributed by atoms with van der Waals surface area (Å²) in [7, 11) is 0. The summed E-state index contributed by atoms with van der Waals surface area (Å²) in [4.78, 5) is 40.6. The number of aliphatic carboxylic acids is 1. The molecule has 4 aromatic rings. The summed E-state index contributed by atoms with van der Waals surface area (Å²) in [5.74, 6) is -0.135. The number of carboxylic acid groups (broad SMARTS) is 1. The number of hydrogen-bond donors (Lipinski definition) is 6. The molecule has 284 valence electrons. The second-order valence-electron chi connectivity index (χ2n) is 13.9. The average molecular weight is 731 g/mol. The first-order chi connectivity index (χ1) is 25.6. The number of likely N-dealkylation sites (tertiary alicyclic amines) is 1. The number of carboxylic acids is 1. The van der Waals surface area contributed by atoms with Gasteiger partial charge in [-0.2, -0.15) is 0 Å². The molecule has 0 spiro atoms. The summed E-state index contributed by atoms with van der Waals surface area (Å²) in [6.45, 7) is 6.41. The maximum Gasteiger partial charge on any atom is 0.317 e. The van der Waals surface area contributed by atoms with Crippen LogP contribution in [0.15, 0.2) is 77.6 Å². The summed E-state index contributed by atoms with van der Waals surface area (Å²) >= 11 is 0. The first-order valence-electron chi connectivity index (χ1n) is 18.6. The molecule has 0 aliphatic carbocycles. The van der Waals surface area contributed by atoms with Gasteiger partial charge in [-0.15, -0.1) is 0 Å². The number of benzene rings is 3. The molecule has 53 heavy (non-hydrogen) atoms. The summed E-state index contributed by atoms with van der Waals surface area (Å²) in [6, 6.07) is 18.2. The largest absolute Gasteiger partial charge is 0.506 e. The highest BCUT2D eigenvalue weighted by molar-refractivity contribution is 5.97.